The molecule has 0 aliphatic heterocycles. The zero-order valence-corrected chi connectivity index (χ0v) is 23.7. The lowest BCUT2D eigenvalue weighted by atomic mass is 10.1. The molecule has 3 aromatic carbocycles. The van der Waals surface area contributed by atoms with Crippen LogP contribution in [0.2, 0.25) is 0 Å². The quantitative estimate of drug-likeness (QED) is 0.155. The molecule has 0 aliphatic carbocycles. The van der Waals surface area contributed by atoms with Gasteiger partial charge in [0.1, 0.15) is 16.4 Å². The summed E-state index contributed by atoms with van der Waals surface area (Å²) in [4.78, 5) is 37.8. The molecule has 17 heteroatoms. The van der Waals surface area contributed by atoms with Gasteiger partial charge in [-0.15, -0.1) is 11.3 Å². The first-order valence-electron chi connectivity index (χ1n) is 12.7. The van der Waals surface area contributed by atoms with Crippen molar-refractivity contribution in [3.05, 3.63) is 99.9 Å². The van der Waals surface area contributed by atoms with Crippen LogP contribution in [0.5, 0.6) is 5.75 Å². The van der Waals surface area contributed by atoms with Crippen molar-refractivity contribution in [3.63, 3.8) is 0 Å². The van der Waals surface area contributed by atoms with E-state index in [0.717, 1.165) is 35.1 Å². The van der Waals surface area contributed by atoms with Crippen LogP contribution in [0.25, 0.3) is 15.8 Å². The predicted octanol–water partition coefficient (Wildman–Crippen LogP) is 7.48. The normalized spacial score (nSPS) is 11.8. The van der Waals surface area contributed by atoms with Crippen molar-refractivity contribution >= 4 is 50.6 Å². The maximum Gasteiger partial charge on any atom is 0.419 e. The lowest BCUT2D eigenvalue weighted by Gasteiger charge is -2.13. The van der Waals surface area contributed by atoms with Gasteiger partial charge in [-0.3, -0.25) is 9.59 Å². The van der Waals surface area contributed by atoms with Gasteiger partial charge in [0.15, 0.2) is 0 Å². The number of nitrogens with one attached hydrogen (secondary N) is 2. The van der Waals surface area contributed by atoms with Gasteiger partial charge in [-0.05, 0) is 48.5 Å². The van der Waals surface area contributed by atoms with Crippen LogP contribution in [-0.2, 0) is 12.4 Å². The summed E-state index contributed by atoms with van der Waals surface area (Å²) in [7, 11) is 1.25. The average Bonchev–Trinajstić information content (AvgIpc) is 3.62. The molecule has 0 unspecified atom stereocenters. The number of thiophene rings is 1. The third-order valence-corrected chi connectivity index (χ3v) is 7.66. The van der Waals surface area contributed by atoms with Gasteiger partial charge >= 0.3 is 18.3 Å². The molecule has 0 atom stereocenters. The number of halogens is 7. The number of nitrogens with zero attached hydrogens (tertiary/aromatic N) is 2. The van der Waals surface area contributed by atoms with Crippen molar-refractivity contribution < 1.29 is 55.0 Å². The van der Waals surface area contributed by atoms with E-state index in [2.05, 4.69) is 15.7 Å². The van der Waals surface area contributed by atoms with Gasteiger partial charge in [-0.1, -0.05) is 6.07 Å². The van der Waals surface area contributed by atoms with E-state index in [1.807, 2.05) is 0 Å². The minimum Gasteiger partial charge on any atom is -0.496 e. The molecule has 0 saturated carbocycles. The number of rotatable bonds is 7. The maximum absolute atomic E-state index is 13.8. The molecule has 0 bridgehead atoms. The van der Waals surface area contributed by atoms with Crippen LogP contribution < -0.4 is 15.4 Å². The number of hydrogen-bond acceptors (Lipinski definition) is 6. The molecule has 0 saturated heterocycles. The zero-order chi connectivity index (χ0) is 33.6. The highest BCUT2D eigenvalue weighted by atomic mass is 32.1. The molecule has 2 amide bonds. The molecule has 5 aromatic rings. The first kappa shape index (κ1) is 32.0. The summed E-state index contributed by atoms with van der Waals surface area (Å²) in [5.41, 5.74) is -3.55. The van der Waals surface area contributed by atoms with Crippen LogP contribution in [0.3, 0.4) is 0 Å². The average molecular weight is 667 g/mol. The van der Waals surface area contributed by atoms with Gasteiger partial charge < -0.3 is 20.5 Å². The molecule has 0 aliphatic rings. The Kier molecular flexibility index (Phi) is 8.20. The smallest absolute Gasteiger partial charge is 0.419 e. The fraction of sp³-hybridized carbons (Fsp3) is 0.103. The fourth-order valence-corrected chi connectivity index (χ4v) is 5.43. The highest BCUT2D eigenvalue weighted by molar-refractivity contribution is 7.21. The number of carbonyl (C=O) groups excluding carboxylic acids is 2. The Balaban J connectivity index is 1.57. The van der Waals surface area contributed by atoms with Gasteiger partial charge in [-0.25, -0.2) is 13.9 Å². The zero-order valence-electron chi connectivity index (χ0n) is 22.9. The summed E-state index contributed by atoms with van der Waals surface area (Å²) in [6.45, 7) is 0. The van der Waals surface area contributed by atoms with E-state index in [0.29, 0.717) is 23.5 Å². The van der Waals surface area contributed by atoms with E-state index >= 15 is 0 Å². The Morgan fingerprint density at radius 1 is 0.913 bits per heavy atom. The van der Waals surface area contributed by atoms with E-state index < -0.39 is 52.8 Å². The van der Waals surface area contributed by atoms with E-state index in [-0.39, 0.29) is 43.2 Å². The number of fused-ring (bicyclic) bond motifs is 1. The van der Waals surface area contributed by atoms with Crippen molar-refractivity contribution in [2.24, 2.45) is 0 Å². The number of benzene rings is 3. The number of alkyl halides is 6. The minimum atomic E-state index is -5.09. The van der Waals surface area contributed by atoms with Crippen molar-refractivity contribution in [2.75, 3.05) is 17.7 Å². The van der Waals surface area contributed by atoms with Crippen LogP contribution >= 0.6 is 11.3 Å². The monoisotopic (exact) mass is 666 g/mol. The molecule has 3 N–H and O–H groups in total. The van der Waals surface area contributed by atoms with E-state index in [1.165, 1.54) is 31.5 Å². The number of ether oxygens (including phenoxy) is 1. The standard InChI is InChI=1S/C29H17F7N4O5S/c1-45-21-7-4-16(40-12-13(11-37-40)27(43)44)10-18(21)25(41)39-23-17-5-2-14(28(31,32)33)8-22(17)46-24(23)26(42)38-15-3-6-20(30)19(9-15)29(34,35)36/h2-12H,1H3,(H,38,42)(H,39,41)(H,43,44). The molecule has 9 nitrogen and oxygen atoms in total. The van der Waals surface area contributed by atoms with Crippen LogP contribution in [-0.4, -0.2) is 39.8 Å². The molecule has 46 heavy (non-hydrogen) atoms. The number of methoxy groups -OCH3 is 1. The molecule has 0 fully saturated rings. The summed E-state index contributed by atoms with van der Waals surface area (Å²) in [6.07, 6.45) is -7.59. The van der Waals surface area contributed by atoms with Gasteiger partial charge in [0.05, 0.1) is 46.9 Å². The summed E-state index contributed by atoms with van der Waals surface area (Å²) >= 11 is 0.523. The SMILES string of the molecule is COc1ccc(-n2cc(C(=O)O)cn2)cc1C(=O)Nc1c(C(=O)Nc2ccc(F)c(C(F)(F)F)c2)sc2cc(C(F)(F)F)ccc12. The van der Waals surface area contributed by atoms with Crippen molar-refractivity contribution in [3.8, 4) is 11.4 Å². The van der Waals surface area contributed by atoms with E-state index in [4.69, 9.17) is 4.74 Å². The van der Waals surface area contributed by atoms with Crippen LogP contribution in [0.4, 0.5) is 42.1 Å². The Labute approximate surface area is 256 Å². The number of aromatic nitrogens is 2. The molecule has 0 spiro atoms. The third-order valence-electron chi connectivity index (χ3n) is 6.51. The Bertz CT molecular complexity index is 2020. The number of aromatic carboxylic acids is 1. The summed E-state index contributed by atoms with van der Waals surface area (Å²) in [6, 6.07) is 8.29. The van der Waals surface area contributed by atoms with Crippen LogP contribution in [0.1, 0.15) is 41.5 Å². The Morgan fingerprint density at radius 3 is 2.28 bits per heavy atom. The summed E-state index contributed by atoms with van der Waals surface area (Å²) in [5.74, 6) is -4.85. The lowest BCUT2D eigenvalue weighted by molar-refractivity contribution is -0.140. The topological polar surface area (TPSA) is 123 Å². The number of hydrogen-bond donors (Lipinski definition) is 3. The second-order valence-corrected chi connectivity index (χ2v) is 10.5. The van der Waals surface area contributed by atoms with E-state index in [1.54, 1.807) is 0 Å². The molecule has 2 heterocycles. The molecular formula is C29H17F7N4O5S. The highest BCUT2D eigenvalue weighted by Crippen LogP contribution is 2.41. The van der Waals surface area contributed by atoms with Gasteiger partial charge in [0.2, 0.25) is 0 Å². The van der Waals surface area contributed by atoms with Gasteiger partial charge in [-0.2, -0.15) is 31.4 Å². The fourth-order valence-electron chi connectivity index (χ4n) is 4.34. The third kappa shape index (κ3) is 6.35. The Morgan fingerprint density at radius 2 is 1.65 bits per heavy atom. The lowest BCUT2D eigenvalue weighted by Crippen LogP contribution is -2.18. The number of anilines is 2. The molecular weight excluding hydrogens is 649 g/mol. The van der Waals surface area contributed by atoms with Crippen LogP contribution in [0, 0.1) is 5.82 Å². The number of carboxylic acids is 1. The van der Waals surface area contributed by atoms with Gasteiger partial charge in [0, 0.05) is 22.0 Å². The van der Waals surface area contributed by atoms with Crippen molar-refractivity contribution in [2.45, 2.75) is 12.4 Å². The molecule has 2 aromatic heterocycles. The molecule has 238 valence electrons. The summed E-state index contributed by atoms with van der Waals surface area (Å²) in [5, 5.41) is 17.8. The van der Waals surface area contributed by atoms with Gasteiger partial charge in [0.25, 0.3) is 11.8 Å². The number of carboxylic acid groups (broad SMARTS) is 1. The predicted molar refractivity (Wildman–Crippen MR) is 151 cm³/mol. The first-order chi connectivity index (χ1) is 21.6. The highest BCUT2D eigenvalue weighted by Gasteiger charge is 2.35. The number of amides is 2. The first-order valence-corrected chi connectivity index (χ1v) is 13.5. The molecule has 5 rings (SSSR count). The minimum absolute atomic E-state index is 0.000107. The second kappa shape index (κ2) is 11.8. The second-order valence-electron chi connectivity index (χ2n) is 9.48. The maximum atomic E-state index is 13.8. The Hall–Kier alpha value is -5.45. The van der Waals surface area contributed by atoms with Crippen molar-refractivity contribution in [1.29, 1.82) is 0 Å². The summed E-state index contributed by atoms with van der Waals surface area (Å²) < 4.78 is 100. The van der Waals surface area contributed by atoms with Crippen molar-refractivity contribution in [1.82, 2.24) is 9.78 Å². The molecule has 0 radical (unpaired) electrons. The number of carbonyl (C=O) groups is 3. The van der Waals surface area contributed by atoms with Crippen LogP contribution in [0.15, 0.2) is 67.0 Å². The van der Waals surface area contributed by atoms with E-state index in [9.17, 15) is 50.2 Å². The largest absolute Gasteiger partial charge is 0.496 e.